The molecule has 0 saturated carbocycles. The van der Waals surface area contributed by atoms with Crippen LogP contribution in [0.25, 0.3) is 0 Å². The smallest absolute Gasteiger partial charge is 0.191 e. The summed E-state index contributed by atoms with van der Waals surface area (Å²) in [5, 5.41) is 6.49. The van der Waals surface area contributed by atoms with E-state index in [0.29, 0.717) is 0 Å². The van der Waals surface area contributed by atoms with E-state index in [1.165, 1.54) is 5.56 Å². The van der Waals surface area contributed by atoms with E-state index in [9.17, 15) is 0 Å². The van der Waals surface area contributed by atoms with Crippen molar-refractivity contribution in [3.63, 3.8) is 0 Å². The van der Waals surface area contributed by atoms with Gasteiger partial charge in [0.15, 0.2) is 5.96 Å². The molecule has 0 saturated heterocycles. The Morgan fingerprint density at radius 3 is 2.05 bits per heavy atom. The van der Waals surface area contributed by atoms with Gasteiger partial charge in [0.1, 0.15) is 0 Å². The van der Waals surface area contributed by atoms with Crippen molar-refractivity contribution in [3.05, 3.63) is 35.9 Å². The molecule has 0 aromatic heterocycles. The molecule has 1 aromatic carbocycles. The number of nitrogens with zero attached hydrogens (tertiary/aromatic N) is 1. The van der Waals surface area contributed by atoms with Crippen LogP contribution in [-0.4, -0.2) is 25.6 Å². The van der Waals surface area contributed by atoms with Gasteiger partial charge in [0, 0.05) is 18.5 Å². The first-order valence-corrected chi connectivity index (χ1v) is 6.68. The minimum atomic E-state index is 0. The Morgan fingerprint density at radius 1 is 1.05 bits per heavy atom. The number of guanidine groups is 1. The monoisotopic (exact) mass is 375 g/mol. The SMILES string of the molecule is CCNC(=NCC(C)(C)c1ccccc1)NCC.I. The van der Waals surface area contributed by atoms with Crippen LogP contribution in [0.5, 0.6) is 0 Å². The summed E-state index contributed by atoms with van der Waals surface area (Å²) >= 11 is 0. The second-order valence-corrected chi connectivity index (χ2v) is 4.98. The summed E-state index contributed by atoms with van der Waals surface area (Å²) in [6.45, 7) is 11.1. The van der Waals surface area contributed by atoms with Crippen molar-refractivity contribution < 1.29 is 0 Å². The first kappa shape index (κ1) is 18.2. The third-order valence-electron chi connectivity index (χ3n) is 2.88. The number of benzene rings is 1. The zero-order valence-corrected chi connectivity index (χ0v) is 14.7. The van der Waals surface area contributed by atoms with Gasteiger partial charge in [-0.1, -0.05) is 44.2 Å². The van der Waals surface area contributed by atoms with Gasteiger partial charge in [-0.3, -0.25) is 4.99 Å². The Morgan fingerprint density at radius 2 is 1.58 bits per heavy atom. The molecule has 2 N–H and O–H groups in total. The number of hydrogen-bond acceptors (Lipinski definition) is 1. The molecule has 1 rings (SSSR count). The third-order valence-corrected chi connectivity index (χ3v) is 2.88. The van der Waals surface area contributed by atoms with Gasteiger partial charge in [-0.25, -0.2) is 0 Å². The van der Waals surface area contributed by atoms with Gasteiger partial charge in [-0.15, -0.1) is 24.0 Å². The van der Waals surface area contributed by atoms with Crippen LogP contribution in [0.15, 0.2) is 35.3 Å². The van der Waals surface area contributed by atoms with Crippen molar-refractivity contribution in [1.82, 2.24) is 10.6 Å². The fraction of sp³-hybridized carbons (Fsp3) is 0.533. The molecule has 4 heteroatoms. The van der Waals surface area contributed by atoms with Crippen LogP contribution < -0.4 is 10.6 Å². The molecule has 0 aliphatic rings. The molecular formula is C15H26IN3. The van der Waals surface area contributed by atoms with Crippen LogP contribution in [0.2, 0.25) is 0 Å². The maximum atomic E-state index is 4.65. The third kappa shape index (κ3) is 6.27. The summed E-state index contributed by atoms with van der Waals surface area (Å²) in [7, 11) is 0. The van der Waals surface area contributed by atoms with Crippen molar-refractivity contribution in [3.8, 4) is 0 Å². The zero-order chi connectivity index (χ0) is 13.4. The van der Waals surface area contributed by atoms with E-state index >= 15 is 0 Å². The minimum Gasteiger partial charge on any atom is -0.357 e. The highest BCUT2D eigenvalue weighted by Crippen LogP contribution is 2.22. The molecule has 1 aromatic rings. The Balaban J connectivity index is 0.00000324. The molecule has 0 atom stereocenters. The highest BCUT2D eigenvalue weighted by Gasteiger charge is 2.19. The largest absolute Gasteiger partial charge is 0.357 e. The molecule has 0 unspecified atom stereocenters. The lowest BCUT2D eigenvalue weighted by Crippen LogP contribution is -2.38. The Hall–Kier alpha value is -0.780. The lowest BCUT2D eigenvalue weighted by atomic mass is 9.85. The van der Waals surface area contributed by atoms with Crippen molar-refractivity contribution in [2.75, 3.05) is 19.6 Å². The van der Waals surface area contributed by atoms with Gasteiger partial charge in [-0.2, -0.15) is 0 Å². The lowest BCUT2D eigenvalue weighted by Gasteiger charge is -2.23. The standard InChI is InChI=1S/C15H25N3.HI/c1-5-16-14(17-6-2)18-12-15(3,4)13-10-8-7-9-11-13;/h7-11H,5-6,12H2,1-4H3,(H2,16,17,18);1H. The molecule has 0 amide bonds. The number of halogens is 1. The second kappa shape index (κ2) is 9.18. The molecule has 0 radical (unpaired) electrons. The van der Waals surface area contributed by atoms with E-state index in [1.54, 1.807) is 0 Å². The van der Waals surface area contributed by atoms with E-state index in [4.69, 9.17) is 0 Å². The predicted octanol–water partition coefficient (Wildman–Crippen LogP) is 3.16. The van der Waals surface area contributed by atoms with Crippen molar-refractivity contribution >= 4 is 29.9 Å². The van der Waals surface area contributed by atoms with Crippen molar-refractivity contribution in [2.45, 2.75) is 33.1 Å². The molecule has 0 aliphatic heterocycles. The average Bonchev–Trinajstić information content (AvgIpc) is 2.38. The lowest BCUT2D eigenvalue weighted by molar-refractivity contribution is 0.537. The van der Waals surface area contributed by atoms with E-state index in [-0.39, 0.29) is 29.4 Å². The molecule has 0 bridgehead atoms. The first-order chi connectivity index (χ1) is 8.60. The van der Waals surface area contributed by atoms with Crippen LogP contribution in [0.3, 0.4) is 0 Å². The summed E-state index contributed by atoms with van der Waals surface area (Å²) in [5.41, 5.74) is 1.37. The van der Waals surface area contributed by atoms with Crippen LogP contribution in [-0.2, 0) is 5.41 Å². The number of aliphatic imine (C=N–C) groups is 1. The van der Waals surface area contributed by atoms with E-state index < -0.39 is 0 Å². The van der Waals surface area contributed by atoms with Gasteiger partial charge in [-0.05, 0) is 19.4 Å². The van der Waals surface area contributed by atoms with Gasteiger partial charge >= 0.3 is 0 Å². The average molecular weight is 375 g/mol. The van der Waals surface area contributed by atoms with Crippen molar-refractivity contribution in [2.24, 2.45) is 4.99 Å². The zero-order valence-electron chi connectivity index (χ0n) is 12.4. The van der Waals surface area contributed by atoms with Gasteiger partial charge in [0.05, 0.1) is 6.54 Å². The topological polar surface area (TPSA) is 36.4 Å². The van der Waals surface area contributed by atoms with Gasteiger partial charge in [0.25, 0.3) is 0 Å². The van der Waals surface area contributed by atoms with Crippen molar-refractivity contribution in [1.29, 1.82) is 0 Å². The van der Waals surface area contributed by atoms with E-state index in [0.717, 1.165) is 25.6 Å². The van der Waals surface area contributed by atoms with Gasteiger partial charge < -0.3 is 10.6 Å². The molecule has 19 heavy (non-hydrogen) atoms. The molecule has 3 nitrogen and oxygen atoms in total. The summed E-state index contributed by atoms with van der Waals surface area (Å²) < 4.78 is 0. The summed E-state index contributed by atoms with van der Waals surface area (Å²) in [6, 6.07) is 10.5. The summed E-state index contributed by atoms with van der Waals surface area (Å²) in [4.78, 5) is 4.65. The number of nitrogens with one attached hydrogen (secondary N) is 2. The number of rotatable bonds is 5. The summed E-state index contributed by atoms with van der Waals surface area (Å²) in [5.74, 6) is 0.893. The van der Waals surface area contributed by atoms with E-state index in [1.807, 2.05) is 6.07 Å². The Labute approximate surface area is 134 Å². The van der Waals surface area contributed by atoms with Crippen LogP contribution in [0, 0.1) is 0 Å². The minimum absolute atomic E-state index is 0. The first-order valence-electron chi connectivity index (χ1n) is 6.68. The highest BCUT2D eigenvalue weighted by molar-refractivity contribution is 14.0. The van der Waals surface area contributed by atoms with Crippen LogP contribution in [0.4, 0.5) is 0 Å². The maximum Gasteiger partial charge on any atom is 0.191 e. The molecule has 0 aliphatic carbocycles. The predicted molar refractivity (Wildman–Crippen MR) is 94.5 cm³/mol. The van der Waals surface area contributed by atoms with Crippen LogP contribution in [0.1, 0.15) is 33.3 Å². The van der Waals surface area contributed by atoms with E-state index in [2.05, 4.69) is 67.6 Å². The molecule has 108 valence electrons. The fourth-order valence-electron chi connectivity index (χ4n) is 1.77. The van der Waals surface area contributed by atoms with Crippen LogP contribution >= 0.6 is 24.0 Å². The Kier molecular flexibility index (Phi) is 8.80. The van der Waals surface area contributed by atoms with Gasteiger partial charge in [0.2, 0.25) is 0 Å². The maximum absolute atomic E-state index is 4.65. The number of hydrogen-bond donors (Lipinski definition) is 2. The second-order valence-electron chi connectivity index (χ2n) is 4.98. The Bertz CT molecular complexity index is 366. The summed E-state index contributed by atoms with van der Waals surface area (Å²) in [6.07, 6.45) is 0. The molecule has 0 fully saturated rings. The quantitative estimate of drug-likeness (QED) is 0.471. The molecule has 0 spiro atoms. The normalized spacial score (nSPS) is 10.3. The molecular weight excluding hydrogens is 349 g/mol. The highest BCUT2D eigenvalue weighted by atomic mass is 127. The fourth-order valence-corrected chi connectivity index (χ4v) is 1.77. The molecule has 0 heterocycles.